The highest BCUT2D eigenvalue weighted by Crippen LogP contribution is 2.32. The van der Waals surface area contributed by atoms with Crippen LogP contribution in [0.3, 0.4) is 0 Å². The first-order chi connectivity index (χ1) is 6.07. The molecule has 13 heavy (non-hydrogen) atoms. The van der Waals surface area contributed by atoms with E-state index in [4.69, 9.17) is 4.74 Å². The third-order valence-corrected chi connectivity index (χ3v) is 2.77. The first kappa shape index (κ1) is 10.5. The van der Waals surface area contributed by atoms with Crippen LogP contribution in [0.15, 0.2) is 4.99 Å². The van der Waals surface area contributed by atoms with Crippen molar-refractivity contribution in [2.75, 3.05) is 0 Å². The predicted molar refractivity (Wildman–Crippen MR) is 52.7 cm³/mol. The van der Waals surface area contributed by atoms with Gasteiger partial charge in [0.15, 0.2) is 0 Å². The standard InChI is InChI=1S/C9H13NO2S/c1-5-6(2)12-7(3)8(5)9(11)10-4-13/h5-8H,1-3H3. The largest absolute Gasteiger partial charge is 0.374 e. The van der Waals surface area contributed by atoms with Crippen molar-refractivity contribution in [1.29, 1.82) is 0 Å². The fourth-order valence-electron chi connectivity index (χ4n) is 1.81. The van der Waals surface area contributed by atoms with Crippen LogP contribution >= 0.6 is 12.2 Å². The number of rotatable bonds is 1. The second-order valence-corrected chi connectivity index (χ2v) is 3.66. The molecule has 1 aliphatic rings. The maximum Gasteiger partial charge on any atom is 0.260 e. The van der Waals surface area contributed by atoms with Crippen LogP contribution in [0.2, 0.25) is 0 Å². The summed E-state index contributed by atoms with van der Waals surface area (Å²) in [5.74, 6) is -0.167. The lowest BCUT2D eigenvalue weighted by atomic mass is 9.89. The summed E-state index contributed by atoms with van der Waals surface area (Å²) in [7, 11) is 0. The lowest BCUT2D eigenvalue weighted by molar-refractivity contribution is -0.123. The number of aliphatic imine (C=N–C) groups is 1. The van der Waals surface area contributed by atoms with Gasteiger partial charge in [-0.2, -0.15) is 4.99 Å². The maximum atomic E-state index is 11.4. The molecule has 0 radical (unpaired) electrons. The van der Waals surface area contributed by atoms with Crippen LogP contribution in [0, 0.1) is 11.8 Å². The molecule has 1 rings (SSSR count). The zero-order chi connectivity index (χ0) is 10.0. The van der Waals surface area contributed by atoms with E-state index in [9.17, 15) is 4.79 Å². The third kappa shape index (κ3) is 2.02. The summed E-state index contributed by atoms with van der Waals surface area (Å²) >= 11 is 4.39. The smallest absolute Gasteiger partial charge is 0.260 e. The minimum atomic E-state index is -0.209. The lowest BCUT2D eigenvalue weighted by Crippen LogP contribution is -2.25. The Balaban J connectivity index is 2.79. The maximum absolute atomic E-state index is 11.4. The first-order valence-electron chi connectivity index (χ1n) is 4.35. The molecule has 0 aromatic rings. The highest BCUT2D eigenvalue weighted by atomic mass is 32.1. The van der Waals surface area contributed by atoms with E-state index >= 15 is 0 Å². The SMILES string of the molecule is CC1OC(C)C(C(=O)N=C=S)C1C. The number of hydrogen-bond donors (Lipinski definition) is 0. The third-order valence-electron chi connectivity index (χ3n) is 2.68. The summed E-state index contributed by atoms with van der Waals surface area (Å²) in [5, 5.41) is 2.10. The molecule has 0 aromatic carbocycles. The predicted octanol–water partition coefficient (Wildman–Crippen LogP) is 1.68. The van der Waals surface area contributed by atoms with Crippen molar-refractivity contribution in [2.45, 2.75) is 33.0 Å². The topological polar surface area (TPSA) is 38.7 Å². The molecular formula is C9H13NO2S. The fourth-order valence-corrected chi connectivity index (χ4v) is 1.90. The number of carbonyl (C=O) groups is 1. The molecule has 0 aromatic heterocycles. The van der Waals surface area contributed by atoms with Crippen LogP contribution in [0.25, 0.3) is 0 Å². The van der Waals surface area contributed by atoms with Crippen molar-refractivity contribution >= 4 is 23.3 Å². The van der Waals surface area contributed by atoms with Gasteiger partial charge in [0.1, 0.15) is 0 Å². The summed E-state index contributed by atoms with van der Waals surface area (Å²) in [6.45, 7) is 5.85. The quantitative estimate of drug-likeness (QED) is 0.476. The number of thiocarbonyl (C=S) groups is 1. The van der Waals surface area contributed by atoms with Gasteiger partial charge in [0.2, 0.25) is 0 Å². The molecule has 0 aliphatic carbocycles. The lowest BCUT2D eigenvalue weighted by Gasteiger charge is -2.12. The van der Waals surface area contributed by atoms with Crippen LogP contribution in [0.5, 0.6) is 0 Å². The fraction of sp³-hybridized carbons (Fsp3) is 0.778. The summed E-state index contributed by atoms with van der Waals surface area (Å²) in [5.41, 5.74) is 0. The van der Waals surface area contributed by atoms with E-state index in [1.807, 2.05) is 20.8 Å². The molecule has 4 heteroatoms. The highest BCUT2D eigenvalue weighted by Gasteiger charge is 2.41. The minimum Gasteiger partial charge on any atom is -0.374 e. The van der Waals surface area contributed by atoms with Gasteiger partial charge in [-0.1, -0.05) is 6.92 Å². The number of amides is 1. The Morgan fingerprint density at radius 1 is 1.38 bits per heavy atom. The van der Waals surface area contributed by atoms with Crippen molar-refractivity contribution < 1.29 is 9.53 Å². The van der Waals surface area contributed by atoms with Crippen LogP contribution < -0.4 is 0 Å². The van der Waals surface area contributed by atoms with E-state index < -0.39 is 0 Å². The number of carbonyl (C=O) groups excluding carboxylic acids is 1. The van der Waals surface area contributed by atoms with Gasteiger partial charge in [-0.3, -0.25) is 4.79 Å². The van der Waals surface area contributed by atoms with Crippen molar-refractivity contribution in [1.82, 2.24) is 0 Å². The van der Waals surface area contributed by atoms with Crippen LogP contribution in [-0.4, -0.2) is 23.3 Å². The average Bonchev–Trinajstić information content (AvgIpc) is 2.27. The molecule has 72 valence electrons. The monoisotopic (exact) mass is 199 g/mol. The number of nitrogens with zero attached hydrogens (tertiary/aromatic N) is 1. The van der Waals surface area contributed by atoms with Crippen molar-refractivity contribution in [3.05, 3.63) is 0 Å². The molecule has 3 nitrogen and oxygen atoms in total. The van der Waals surface area contributed by atoms with Crippen molar-refractivity contribution in [3.63, 3.8) is 0 Å². The number of hydrogen-bond acceptors (Lipinski definition) is 3. The second-order valence-electron chi connectivity index (χ2n) is 3.47. The molecule has 0 spiro atoms. The van der Waals surface area contributed by atoms with Gasteiger partial charge < -0.3 is 4.74 Å². The Kier molecular flexibility index (Phi) is 3.31. The second kappa shape index (κ2) is 4.09. The normalized spacial score (nSPS) is 38.4. The molecule has 1 heterocycles. The summed E-state index contributed by atoms with van der Waals surface area (Å²) < 4.78 is 5.51. The van der Waals surface area contributed by atoms with Gasteiger partial charge >= 0.3 is 0 Å². The van der Waals surface area contributed by atoms with E-state index in [-0.39, 0.29) is 30.0 Å². The van der Waals surface area contributed by atoms with Gasteiger partial charge in [0.05, 0.1) is 23.3 Å². The molecule has 1 amide bonds. The molecule has 0 saturated carbocycles. The molecule has 1 saturated heterocycles. The van der Waals surface area contributed by atoms with E-state index in [2.05, 4.69) is 22.4 Å². The van der Waals surface area contributed by atoms with Gasteiger partial charge in [0, 0.05) is 0 Å². The zero-order valence-electron chi connectivity index (χ0n) is 7.98. The minimum absolute atomic E-state index is 0.0652. The Hall–Kier alpha value is -0.570. The Labute approximate surface area is 83.2 Å². The summed E-state index contributed by atoms with van der Waals surface area (Å²) in [6, 6.07) is 0. The highest BCUT2D eigenvalue weighted by molar-refractivity contribution is 7.78. The number of isothiocyanates is 1. The van der Waals surface area contributed by atoms with Crippen molar-refractivity contribution in [2.24, 2.45) is 16.8 Å². The van der Waals surface area contributed by atoms with E-state index in [1.54, 1.807) is 0 Å². The zero-order valence-corrected chi connectivity index (χ0v) is 8.80. The van der Waals surface area contributed by atoms with Crippen molar-refractivity contribution in [3.8, 4) is 0 Å². The Morgan fingerprint density at radius 2 is 2.00 bits per heavy atom. The summed E-state index contributed by atoms with van der Waals surface area (Å²) in [4.78, 5) is 14.9. The van der Waals surface area contributed by atoms with E-state index in [0.717, 1.165) is 0 Å². The molecule has 0 bridgehead atoms. The molecule has 1 aliphatic heterocycles. The van der Waals surface area contributed by atoms with E-state index in [1.165, 1.54) is 0 Å². The molecule has 1 fully saturated rings. The van der Waals surface area contributed by atoms with Crippen LogP contribution in [-0.2, 0) is 9.53 Å². The van der Waals surface area contributed by atoms with Gasteiger partial charge in [-0.05, 0) is 32.0 Å². The van der Waals surface area contributed by atoms with E-state index in [0.29, 0.717) is 0 Å². The molecule has 0 N–H and O–H groups in total. The Bertz CT molecular complexity index is 260. The van der Waals surface area contributed by atoms with Gasteiger partial charge in [-0.25, -0.2) is 0 Å². The van der Waals surface area contributed by atoms with Crippen LogP contribution in [0.4, 0.5) is 0 Å². The average molecular weight is 199 g/mol. The molecular weight excluding hydrogens is 186 g/mol. The van der Waals surface area contributed by atoms with Gasteiger partial charge in [-0.15, -0.1) is 0 Å². The van der Waals surface area contributed by atoms with Gasteiger partial charge in [0.25, 0.3) is 5.91 Å². The number of ether oxygens (including phenoxy) is 1. The summed E-state index contributed by atoms with van der Waals surface area (Å²) in [6.07, 6.45) is 0.0499. The Morgan fingerprint density at radius 3 is 2.38 bits per heavy atom. The first-order valence-corrected chi connectivity index (χ1v) is 4.76. The van der Waals surface area contributed by atoms with Crippen LogP contribution in [0.1, 0.15) is 20.8 Å². The molecule has 4 unspecified atom stereocenters. The molecule has 4 atom stereocenters.